The number of para-hydroxylation sites is 4. The summed E-state index contributed by atoms with van der Waals surface area (Å²) in [5.41, 5.74) is 12.8. The molecule has 178 valence electrons. The lowest BCUT2D eigenvalue weighted by Gasteiger charge is -2.45. The van der Waals surface area contributed by atoms with Crippen LogP contribution in [0.15, 0.2) is 121 Å². The molecule has 2 nitrogen and oxygen atoms in total. The number of hydrogen-bond acceptors (Lipinski definition) is 2. The summed E-state index contributed by atoms with van der Waals surface area (Å²) in [4.78, 5) is 4.92. The van der Waals surface area contributed by atoms with Gasteiger partial charge in [-0.15, -0.1) is 0 Å². The minimum Gasteiger partial charge on any atom is -0.307 e. The number of nitrogens with zero attached hydrogens (tertiary/aromatic N) is 2. The van der Waals surface area contributed by atoms with E-state index in [2.05, 4.69) is 152 Å². The van der Waals surface area contributed by atoms with Crippen molar-refractivity contribution < 1.29 is 0 Å². The Morgan fingerprint density at radius 1 is 0.514 bits per heavy atom. The van der Waals surface area contributed by atoms with Crippen LogP contribution in [0, 0.1) is 0 Å². The van der Waals surface area contributed by atoms with Crippen molar-refractivity contribution in [2.75, 3.05) is 9.80 Å². The fourth-order valence-corrected chi connectivity index (χ4v) is 6.03. The van der Waals surface area contributed by atoms with Crippen molar-refractivity contribution in [2.24, 2.45) is 0 Å². The molecule has 0 bridgehead atoms. The summed E-state index contributed by atoms with van der Waals surface area (Å²) in [6.45, 7) is 7.06. The summed E-state index contributed by atoms with van der Waals surface area (Å²) < 4.78 is 0. The SMILES string of the molecule is CC(C)(C)c1ccc2c(c1)B(c1ccccc1)c1cccc3c1N2c1ccccc1N3c1ccccc1. The summed E-state index contributed by atoms with van der Waals surface area (Å²) in [6, 6.07) is 44.5. The van der Waals surface area contributed by atoms with Gasteiger partial charge < -0.3 is 9.80 Å². The first-order valence-corrected chi connectivity index (χ1v) is 13.1. The van der Waals surface area contributed by atoms with Crippen molar-refractivity contribution in [1.29, 1.82) is 0 Å². The van der Waals surface area contributed by atoms with E-state index in [4.69, 9.17) is 0 Å². The minimum atomic E-state index is 0.0717. The normalized spacial score (nSPS) is 13.6. The monoisotopic (exact) mass is 476 g/mol. The zero-order valence-electron chi connectivity index (χ0n) is 21.5. The van der Waals surface area contributed by atoms with E-state index in [9.17, 15) is 0 Å². The zero-order valence-corrected chi connectivity index (χ0v) is 21.5. The van der Waals surface area contributed by atoms with Crippen LogP contribution in [0.3, 0.4) is 0 Å². The Kier molecular flexibility index (Phi) is 4.84. The largest absolute Gasteiger partial charge is 0.307 e. The van der Waals surface area contributed by atoms with E-state index >= 15 is 0 Å². The number of hydrogen-bond donors (Lipinski definition) is 0. The van der Waals surface area contributed by atoms with Crippen LogP contribution < -0.4 is 26.2 Å². The van der Waals surface area contributed by atoms with Crippen molar-refractivity contribution in [1.82, 2.24) is 0 Å². The fraction of sp³-hybridized carbons (Fsp3) is 0.118. The topological polar surface area (TPSA) is 6.48 Å². The summed E-state index contributed by atoms with van der Waals surface area (Å²) >= 11 is 0. The Labute approximate surface area is 219 Å². The van der Waals surface area contributed by atoms with Crippen LogP contribution in [-0.4, -0.2) is 6.71 Å². The van der Waals surface area contributed by atoms with E-state index in [1.807, 2.05) is 0 Å². The first-order valence-electron chi connectivity index (χ1n) is 13.1. The van der Waals surface area contributed by atoms with Gasteiger partial charge in [0.05, 0.1) is 22.7 Å². The molecule has 2 aliphatic heterocycles. The van der Waals surface area contributed by atoms with E-state index in [-0.39, 0.29) is 12.1 Å². The fourth-order valence-electron chi connectivity index (χ4n) is 6.03. The zero-order chi connectivity index (χ0) is 25.1. The molecule has 0 fully saturated rings. The number of anilines is 6. The van der Waals surface area contributed by atoms with E-state index < -0.39 is 0 Å². The number of rotatable bonds is 2. The lowest BCUT2D eigenvalue weighted by Crippen LogP contribution is -2.58. The van der Waals surface area contributed by atoms with E-state index in [1.54, 1.807) is 0 Å². The molecule has 0 radical (unpaired) electrons. The van der Waals surface area contributed by atoms with Crippen LogP contribution in [0.1, 0.15) is 26.3 Å². The molecule has 0 atom stereocenters. The molecule has 7 rings (SSSR count). The Morgan fingerprint density at radius 3 is 1.84 bits per heavy atom. The van der Waals surface area contributed by atoms with Crippen molar-refractivity contribution in [3.8, 4) is 0 Å². The molecule has 0 unspecified atom stereocenters. The molecule has 0 saturated heterocycles. The maximum atomic E-state index is 2.50. The molecular formula is C34H29BN2. The third kappa shape index (κ3) is 3.34. The second-order valence-electron chi connectivity index (χ2n) is 11.1. The van der Waals surface area contributed by atoms with Crippen LogP contribution in [0.25, 0.3) is 0 Å². The number of benzene rings is 5. The van der Waals surface area contributed by atoms with Crippen LogP contribution in [0.4, 0.5) is 34.1 Å². The Hall–Kier alpha value is -4.24. The predicted molar refractivity (Wildman–Crippen MR) is 159 cm³/mol. The maximum absolute atomic E-state index is 2.50. The molecule has 37 heavy (non-hydrogen) atoms. The molecule has 0 spiro atoms. The van der Waals surface area contributed by atoms with Crippen molar-refractivity contribution >= 4 is 57.2 Å². The highest BCUT2D eigenvalue weighted by atomic mass is 15.3. The smallest absolute Gasteiger partial charge is 0.246 e. The molecule has 0 aromatic heterocycles. The van der Waals surface area contributed by atoms with Crippen molar-refractivity contribution in [3.05, 3.63) is 127 Å². The Bertz CT molecular complexity index is 1620. The first-order chi connectivity index (χ1) is 18.0. The summed E-state index contributed by atoms with van der Waals surface area (Å²) in [5, 5.41) is 0. The summed E-state index contributed by atoms with van der Waals surface area (Å²) in [6.07, 6.45) is 0. The van der Waals surface area contributed by atoms with Crippen molar-refractivity contribution in [2.45, 2.75) is 26.2 Å². The molecule has 3 heteroatoms. The van der Waals surface area contributed by atoms with Gasteiger partial charge in [-0.3, -0.25) is 0 Å². The molecule has 0 amide bonds. The van der Waals surface area contributed by atoms with Gasteiger partial charge in [0.1, 0.15) is 0 Å². The van der Waals surface area contributed by atoms with E-state index in [1.165, 1.54) is 56.1 Å². The third-order valence-corrected chi connectivity index (χ3v) is 7.78. The molecule has 0 N–H and O–H groups in total. The molecule has 0 saturated carbocycles. The van der Waals surface area contributed by atoms with Gasteiger partial charge in [0.25, 0.3) is 0 Å². The second-order valence-corrected chi connectivity index (χ2v) is 11.1. The van der Waals surface area contributed by atoms with Crippen LogP contribution in [-0.2, 0) is 5.41 Å². The van der Waals surface area contributed by atoms with Crippen molar-refractivity contribution in [3.63, 3.8) is 0 Å². The molecule has 2 heterocycles. The van der Waals surface area contributed by atoms with Crippen LogP contribution >= 0.6 is 0 Å². The minimum absolute atomic E-state index is 0.0717. The van der Waals surface area contributed by atoms with Gasteiger partial charge in [-0.1, -0.05) is 111 Å². The van der Waals surface area contributed by atoms with Gasteiger partial charge in [0.15, 0.2) is 0 Å². The first kappa shape index (κ1) is 22.0. The van der Waals surface area contributed by atoms with Gasteiger partial charge in [-0.05, 0) is 58.3 Å². The summed E-state index contributed by atoms with van der Waals surface area (Å²) in [5.74, 6) is 0. The average molecular weight is 476 g/mol. The number of fused-ring (bicyclic) bond motifs is 4. The quantitative estimate of drug-likeness (QED) is 0.246. The molecule has 0 aliphatic carbocycles. The lowest BCUT2D eigenvalue weighted by molar-refractivity contribution is 0.591. The van der Waals surface area contributed by atoms with Crippen LogP contribution in [0.2, 0.25) is 0 Å². The van der Waals surface area contributed by atoms with Gasteiger partial charge >= 0.3 is 0 Å². The average Bonchev–Trinajstić information content (AvgIpc) is 2.93. The molecule has 5 aromatic carbocycles. The van der Waals surface area contributed by atoms with E-state index in [0.717, 1.165) is 0 Å². The predicted octanol–water partition coefficient (Wildman–Crippen LogP) is 7.07. The summed E-state index contributed by atoms with van der Waals surface area (Å²) in [7, 11) is 0. The highest BCUT2D eigenvalue weighted by molar-refractivity contribution is 6.98. The molecule has 5 aromatic rings. The van der Waals surface area contributed by atoms with Gasteiger partial charge in [0.2, 0.25) is 6.71 Å². The maximum Gasteiger partial charge on any atom is 0.246 e. The van der Waals surface area contributed by atoms with Gasteiger partial charge in [0, 0.05) is 11.4 Å². The lowest BCUT2D eigenvalue weighted by atomic mass is 9.35. The third-order valence-electron chi connectivity index (χ3n) is 7.78. The highest BCUT2D eigenvalue weighted by Crippen LogP contribution is 2.54. The van der Waals surface area contributed by atoms with Crippen LogP contribution in [0.5, 0.6) is 0 Å². The Balaban J connectivity index is 1.57. The Morgan fingerprint density at radius 2 is 1.14 bits per heavy atom. The molecule has 2 aliphatic rings. The second kappa shape index (κ2) is 8.14. The highest BCUT2D eigenvalue weighted by Gasteiger charge is 2.41. The van der Waals surface area contributed by atoms with E-state index in [0.29, 0.717) is 0 Å². The van der Waals surface area contributed by atoms with Gasteiger partial charge in [-0.2, -0.15) is 0 Å². The molecular weight excluding hydrogens is 447 g/mol. The van der Waals surface area contributed by atoms with Gasteiger partial charge in [-0.25, -0.2) is 0 Å². The standard InChI is InChI=1S/C34H29BN2/c1-34(2,3)24-21-22-29-28(23-24)35(25-13-6-4-7-14-25)27-17-12-20-32-33(27)37(29)31-19-11-10-18-30(31)36(32)26-15-8-5-9-16-26/h4-23H,1-3H3.